The van der Waals surface area contributed by atoms with Gasteiger partial charge in [0.05, 0.1) is 6.26 Å². The van der Waals surface area contributed by atoms with Crippen LogP contribution in [0.5, 0.6) is 0 Å². The van der Waals surface area contributed by atoms with Crippen molar-refractivity contribution in [1.29, 1.82) is 0 Å². The van der Waals surface area contributed by atoms with Gasteiger partial charge in [0.15, 0.2) is 11.7 Å². The van der Waals surface area contributed by atoms with E-state index in [4.69, 9.17) is 4.42 Å². The second kappa shape index (κ2) is 10.7. The Balaban J connectivity index is 0.00000240. The van der Waals surface area contributed by atoms with Crippen LogP contribution in [0.1, 0.15) is 10.7 Å². The van der Waals surface area contributed by atoms with E-state index in [0.717, 1.165) is 57.5 Å². The molecule has 0 amide bonds. The Hall–Kier alpha value is -1.92. The van der Waals surface area contributed by atoms with Gasteiger partial charge in [-0.1, -0.05) is 6.07 Å². The van der Waals surface area contributed by atoms with E-state index >= 15 is 0 Å². The third kappa shape index (κ3) is 5.80. The Morgan fingerprint density at radius 1 is 1.28 bits per heavy atom. The lowest BCUT2D eigenvalue weighted by atomic mass is 10.3. The van der Waals surface area contributed by atoms with Crippen LogP contribution in [0.4, 0.5) is 0 Å². The third-order valence-electron chi connectivity index (χ3n) is 4.76. The van der Waals surface area contributed by atoms with Crippen LogP contribution in [0.3, 0.4) is 0 Å². The van der Waals surface area contributed by atoms with Crippen molar-refractivity contribution in [3.05, 3.63) is 46.6 Å². The molecule has 0 atom stereocenters. The quantitative estimate of drug-likeness (QED) is 0.292. The van der Waals surface area contributed by atoms with Crippen LogP contribution in [-0.2, 0) is 13.0 Å². The van der Waals surface area contributed by atoms with Crippen LogP contribution in [0.2, 0.25) is 0 Å². The highest BCUT2D eigenvalue weighted by Crippen LogP contribution is 2.15. The number of aliphatic imine (C=N–C) groups is 1. The minimum Gasteiger partial charge on any atom is -0.461 e. The smallest absolute Gasteiger partial charge is 0.216 e. The molecule has 29 heavy (non-hydrogen) atoms. The van der Waals surface area contributed by atoms with Gasteiger partial charge in [0, 0.05) is 57.6 Å². The van der Waals surface area contributed by atoms with Crippen molar-refractivity contribution >= 4 is 41.3 Å². The molecule has 0 spiro atoms. The Kier molecular flexibility index (Phi) is 8.07. The summed E-state index contributed by atoms with van der Waals surface area (Å²) in [6, 6.07) is 8.01. The van der Waals surface area contributed by atoms with Crippen molar-refractivity contribution in [1.82, 2.24) is 30.3 Å². The molecule has 1 fully saturated rings. The van der Waals surface area contributed by atoms with Crippen molar-refractivity contribution in [3.63, 3.8) is 0 Å². The van der Waals surface area contributed by atoms with E-state index in [9.17, 15) is 0 Å². The highest BCUT2D eigenvalue weighted by atomic mass is 127. The number of rotatable bonds is 6. The number of furan rings is 1. The van der Waals surface area contributed by atoms with Gasteiger partial charge in [-0.05, 0) is 23.6 Å². The second-order valence-electron chi connectivity index (χ2n) is 6.65. The molecule has 0 unspecified atom stereocenters. The monoisotopic (exact) mass is 527 g/mol. The summed E-state index contributed by atoms with van der Waals surface area (Å²) in [5.74, 6) is 3.04. The van der Waals surface area contributed by atoms with Crippen LogP contribution < -0.4 is 5.32 Å². The molecule has 10 heteroatoms. The number of piperazine rings is 1. The van der Waals surface area contributed by atoms with Crippen LogP contribution in [0.25, 0.3) is 11.6 Å². The number of nitrogens with one attached hydrogen (secondary N) is 2. The molecule has 2 N–H and O–H groups in total. The number of hydrogen-bond donors (Lipinski definition) is 2. The maximum atomic E-state index is 5.32. The number of nitrogens with zero attached hydrogens (tertiary/aromatic N) is 5. The lowest BCUT2D eigenvalue weighted by Crippen LogP contribution is -2.52. The molecule has 3 aromatic rings. The first-order valence-corrected chi connectivity index (χ1v) is 10.4. The average molecular weight is 527 g/mol. The Morgan fingerprint density at radius 3 is 2.83 bits per heavy atom. The van der Waals surface area contributed by atoms with E-state index in [1.54, 1.807) is 6.26 Å². The molecular formula is C19H26IN7OS. The summed E-state index contributed by atoms with van der Waals surface area (Å²) in [5, 5.41) is 12.8. The highest BCUT2D eigenvalue weighted by molar-refractivity contribution is 14.0. The fourth-order valence-corrected chi connectivity index (χ4v) is 4.03. The Morgan fingerprint density at radius 2 is 2.14 bits per heavy atom. The number of aromatic nitrogens is 3. The van der Waals surface area contributed by atoms with Crippen molar-refractivity contribution in [2.75, 3.05) is 39.8 Å². The molecule has 3 aromatic heterocycles. The van der Waals surface area contributed by atoms with Gasteiger partial charge in [-0.25, -0.2) is 4.98 Å². The summed E-state index contributed by atoms with van der Waals surface area (Å²) in [7, 11) is 1.84. The summed E-state index contributed by atoms with van der Waals surface area (Å²) >= 11 is 1.83. The molecule has 0 aliphatic carbocycles. The van der Waals surface area contributed by atoms with Gasteiger partial charge in [0.1, 0.15) is 5.82 Å². The van der Waals surface area contributed by atoms with Crippen LogP contribution >= 0.6 is 35.3 Å². The molecule has 0 bridgehead atoms. The summed E-state index contributed by atoms with van der Waals surface area (Å²) in [6.07, 6.45) is 2.36. The average Bonchev–Trinajstić information content (AvgIpc) is 3.48. The topological polar surface area (TPSA) is 85.6 Å². The molecule has 1 aliphatic rings. The minimum atomic E-state index is 0. The molecule has 1 aliphatic heterocycles. The van der Waals surface area contributed by atoms with Gasteiger partial charge >= 0.3 is 0 Å². The number of halogens is 1. The first kappa shape index (κ1) is 21.8. The SMILES string of the molecule is CN=C(NCCc1nc(-c2ccco2)n[nH]1)N1CCN(Cc2cccs2)CC1.I. The van der Waals surface area contributed by atoms with Crippen LogP contribution in [-0.4, -0.2) is 70.7 Å². The zero-order valence-electron chi connectivity index (χ0n) is 16.4. The van der Waals surface area contributed by atoms with Crippen molar-refractivity contribution in [3.8, 4) is 11.6 Å². The molecule has 156 valence electrons. The molecule has 4 rings (SSSR count). The standard InChI is InChI=1S/C19H25N7OS.HI/c1-20-19(26-10-8-25(9-11-26)14-15-4-3-13-28-15)21-7-6-17-22-18(24-23-17)16-5-2-12-27-16;/h2-5,12-13H,6-11,14H2,1H3,(H,20,21)(H,22,23,24);1H. The van der Waals surface area contributed by atoms with E-state index in [2.05, 4.69) is 52.8 Å². The predicted molar refractivity (Wildman–Crippen MR) is 126 cm³/mol. The van der Waals surface area contributed by atoms with E-state index in [0.29, 0.717) is 11.6 Å². The number of hydrogen-bond acceptors (Lipinski definition) is 6. The normalized spacial score (nSPS) is 15.3. The largest absolute Gasteiger partial charge is 0.461 e. The number of thiophene rings is 1. The van der Waals surface area contributed by atoms with E-state index < -0.39 is 0 Å². The predicted octanol–water partition coefficient (Wildman–Crippen LogP) is 2.68. The lowest BCUT2D eigenvalue weighted by Gasteiger charge is -2.36. The minimum absolute atomic E-state index is 0. The fourth-order valence-electron chi connectivity index (χ4n) is 3.29. The Labute approximate surface area is 191 Å². The maximum Gasteiger partial charge on any atom is 0.216 e. The van der Waals surface area contributed by atoms with Gasteiger partial charge in [-0.15, -0.1) is 35.3 Å². The zero-order chi connectivity index (χ0) is 19.2. The summed E-state index contributed by atoms with van der Waals surface area (Å²) < 4.78 is 5.32. The third-order valence-corrected chi connectivity index (χ3v) is 5.62. The van der Waals surface area contributed by atoms with Gasteiger partial charge in [0.25, 0.3) is 0 Å². The molecular weight excluding hydrogens is 501 g/mol. The molecule has 8 nitrogen and oxygen atoms in total. The molecule has 0 aromatic carbocycles. The summed E-state index contributed by atoms with van der Waals surface area (Å²) in [4.78, 5) is 15.2. The maximum absolute atomic E-state index is 5.32. The number of aromatic amines is 1. The van der Waals surface area contributed by atoms with Crippen LogP contribution in [0.15, 0.2) is 45.3 Å². The first-order chi connectivity index (χ1) is 13.8. The van der Waals surface area contributed by atoms with E-state index in [1.807, 2.05) is 30.5 Å². The van der Waals surface area contributed by atoms with E-state index in [-0.39, 0.29) is 24.0 Å². The van der Waals surface area contributed by atoms with Crippen LogP contribution in [0, 0.1) is 0 Å². The lowest BCUT2D eigenvalue weighted by molar-refractivity contribution is 0.174. The fraction of sp³-hybridized carbons (Fsp3) is 0.421. The van der Waals surface area contributed by atoms with Gasteiger partial charge in [-0.2, -0.15) is 5.10 Å². The van der Waals surface area contributed by atoms with Gasteiger partial charge in [-0.3, -0.25) is 15.0 Å². The van der Waals surface area contributed by atoms with Crippen molar-refractivity contribution in [2.24, 2.45) is 4.99 Å². The second-order valence-corrected chi connectivity index (χ2v) is 7.68. The van der Waals surface area contributed by atoms with Crippen molar-refractivity contribution < 1.29 is 4.42 Å². The molecule has 0 radical (unpaired) electrons. The highest BCUT2D eigenvalue weighted by Gasteiger charge is 2.19. The molecule has 0 saturated carbocycles. The van der Waals surface area contributed by atoms with Gasteiger partial charge < -0.3 is 14.6 Å². The number of H-pyrrole nitrogens is 1. The molecule has 1 saturated heterocycles. The number of guanidine groups is 1. The zero-order valence-corrected chi connectivity index (χ0v) is 19.5. The first-order valence-electron chi connectivity index (χ1n) is 9.47. The molecule has 4 heterocycles. The van der Waals surface area contributed by atoms with Crippen molar-refractivity contribution in [2.45, 2.75) is 13.0 Å². The van der Waals surface area contributed by atoms with Gasteiger partial charge in [0.2, 0.25) is 5.82 Å². The summed E-state index contributed by atoms with van der Waals surface area (Å²) in [5.41, 5.74) is 0. The van der Waals surface area contributed by atoms with E-state index in [1.165, 1.54) is 4.88 Å². The summed E-state index contributed by atoms with van der Waals surface area (Å²) in [6.45, 7) is 5.85. The Bertz CT molecular complexity index is 870.